The molecule has 1 aromatic heterocycles. The Balaban J connectivity index is 3.24. The summed E-state index contributed by atoms with van der Waals surface area (Å²) in [6.07, 6.45) is -3.33. The Morgan fingerprint density at radius 3 is 2.62 bits per heavy atom. The van der Waals surface area contributed by atoms with Crippen LogP contribution in [-0.2, 0) is 16.5 Å². The van der Waals surface area contributed by atoms with Crippen molar-refractivity contribution in [3.05, 3.63) is 28.0 Å². The number of aromatic nitrogens is 1. The molecule has 1 N–H and O–H groups in total. The zero-order valence-corrected chi connectivity index (χ0v) is 10.2. The molecule has 0 saturated heterocycles. The van der Waals surface area contributed by atoms with E-state index < -0.39 is 24.5 Å². The van der Waals surface area contributed by atoms with E-state index >= 15 is 0 Å². The predicted octanol–water partition coefficient (Wildman–Crippen LogP) is 3.19. The van der Waals surface area contributed by atoms with Crippen LogP contribution in [0.25, 0.3) is 0 Å². The Kier molecular flexibility index (Phi) is 4.61. The van der Waals surface area contributed by atoms with Crippen molar-refractivity contribution in [2.24, 2.45) is 0 Å². The van der Waals surface area contributed by atoms with E-state index in [2.05, 4.69) is 20.9 Å². The van der Waals surface area contributed by atoms with E-state index in [1.165, 1.54) is 6.07 Å². The molecule has 88 valence electrons. The number of carbonyl (C=O) groups is 1. The van der Waals surface area contributed by atoms with Crippen LogP contribution in [0.4, 0.5) is 8.78 Å². The number of hydrogen-bond acceptors (Lipinski definition) is 2. The fraction of sp³-hybridized carbons (Fsp3) is 0.333. The topological polar surface area (TPSA) is 50.2 Å². The maximum absolute atomic E-state index is 12.6. The third-order valence-electron chi connectivity index (χ3n) is 1.85. The van der Waals surface area contributed by atoms with Gasteiger partial charge in [-0.2, -0.15) is 0 Å². The lowest BCUT2D eigenvalue weighted by atomic mass is 10.1. The van der Waals surface area contributed by atoms with Gasteiger partial charge in [0.05, 0.1) is 6.42 Å². The summed E-state index contributed by atoms with van der Waals surface area (Å²) < 4.78 is 25.1. The maximum Gasteiger partial charge on any atom is 0.307 e. The molecule has 7 heteroatoms. The van der Waals surface area contributed by atoms with Gasteiger partial charge in [0.1, 0.15) is 10.8 Å². The van der Waals surface area contributed by atoms with Crippen LogP contribution in [0.2, 0.25) is 5.15 Å². The van der Waals surface area contributed by atoms with Crippen LogP contribution in [0.1, 0.15) is 23.2 Å². The molecule has 0 bridgehead atoms. The first-order valence-corrected chi connectivity index (χ1v) is 5.69. The zero-order valence-electron chi connectivity index (χ0n) is 7.88. The molecule has 0 atom stereocenters. The zero-order chi connectivity index (χ0) is 12.3. The molecule has 1 aromatic rings. The van der Waals surface area contributed by atoms with Crippen molar-refractivity contribution in [1.29, 1.82) is 0 Å². The summed E-state index contributed by atoms with van der Waals surface area (Å²) in [7, 11) is 0. The van der Waals surface area contributed by atoms with Gasteiger partial charge >= 0.3 is 5.97 Å². The van der Waals surface area contributed by atoms with Crippen LogP contribution in [0, 0.1) is 0 Å². The summed E-state index contributed by atoms with van der Waals surface area (Å²) in [5.41, 5.74) is -0.0965. The summed E-state index contributed by atoms with van der Waals surface area (Å²) in [4.78, 5) is 14.0. The number of nitrogens with zero attached hydrogens (tertiary/aromatic N) is 1. The molecule has 0 fully saturated rings. The Hall–Kier alpha value is -0.750. The van der Waals surface area contributed by atoms with Gasteiger partial charge in [-0.15, -0.1) is 0 Å². The number of carboxylic acids is 1. The van der Waals surface area contributed by atoms with Gasteiger partial charge in [0.2, 0.25) is 0 Å². The third kappa shape index (κ3) is 3.12. The molecule has 0 aliphatic heterocycles. The highest BCUT2D eigenvalue weighted by Crippen LogP contribution is 2.27. The lowest BCUT2D eigenvalue weighted by molar-refractivity contribution is -0.136. The summed E-state index contributed by atoms with van der Waals surface area (Å²) in [6.45, 7) is 0. The van der Waals surface area contributed by atoms with Crippen LogP contribution < -0.4 is 0 Å². The molecule has 0 spiro atoms. The second kappa shape index (κ2) is 5.54. The fourth-order valence-electron chi connectivity index (χ4n) is 1.18. The van der Waals surface area contributed by atoms with E-state index in [0.717, 1.165) is 0 Å². The molecule has 0 saturated carbocycles. The molecule has 1 heterocycles. The molecular formula is C9H7BrClF2NO2. The van der Waals surface area contributed by atoms with Gasteiger partial charge < -0.3 is 5.11 Å². The predicted molar refractivity (Wildman–Crippen MR) is 58.2 cm³/mol. The standard InChI is InChI=1S/C9H7BrClF2NO2/c10-3-5-1-4(2-6(15)16)7(9(12)13)14-8(5)11/h1,9H,2-3H2,(H,15,16). The monoisotopic (exact) mass is 313 g/mol. The van der Waals surface area contributed by atoms with Crippen molar-refractivity contribution in [1.82, 2.24) is 4.98 Å². The smallest absolute Gasteiger partial charge is 0.307 e. The molecular weight excluding hydrogens is 307 g/mol. The van der Waals surface area contributed by atoms with Gasteiger partial charge in [-0.25, -0.2) is 13.8 Å². The molecule has 16 heavy (non-hydrogen) atoms. The van der Waals surface area contributed by atoms with Gasteiger partial charge in [0, 0.05) is 10.9 Å². The molecule has 0 aliphatic carbocycles. The molecule has 0 aliphatic rings. The van der Waals surface area contributed by atoms with E-state index in [1.54, 1.807) is 0 Å². The Bertz CT molecular complexity index is 415. The Morgan fingerprint density at radius 1 is 1.56 bits per heavy atom. The van der Waals surface area contributed by atoms with Crippen molar-refractivity contribution in [3.63, 3.8) is 0 Å². The number of hydrogen-bond donors (Lipinski definition) is 1. The lowest BCUT2D eigenvalue weighted by Gasteiger charge is -2.09. The highest BCUT2D eigenvalue weighted by Gasteiger charge is 2.19. The van der Waals surface area contributed by atoms with Gasteiger partial charge in [0.15, 0.2) is 0 Å². The van der Waals surface area contributed by atoms with Gasteiger partial charge in [-0.05, 0) is 11.6 Å². The highest BCUT2D eigenvalue weighted by molar-refractivity contribution is 9.08. The first-order valence-electron chi connectivity index (χ1n) is 4.19. The van der Waals surface area contributed by atoms with E-state index in [0.29, 0.717) is 10.9 Å². The minimum atomic E-state index is -2.84. The van der Waals surface area contributed by atoms with E-state index in [9.17, 15) is 13.6 Å². The van der Waals surface area contributed by atoms with Crippen molar-refractivity contribution in [3.8, 4) is 0 Å². The summed E-state index contributed by atoms with van der Waals surface area (Å²) >= 11 is 8.77. The summed E-state index contributed by atoms with van der Waals surface area (Å²) in [5, 5.41) is 8.88. The molecule has 3 nitrogen and oxygen atoms in total. The lowest BCUT2D eigenvalue weighted by Crippen LogP contribution is -2.07. The molecule has 0 amide bonds. The summed E-state index contributed by atoms with van der Waals surface area (Å²) in [5.74, 6) is -1.19. The summed E-state index contributed by atoms with van der Waals surface area (Å²) in [6, 6.07) is 1.33. The second-order valence-corrected chi connectivity index (χ2v) is 3.91. The van der Waals surface area contributed by atoms with Gasteiger partial charge in [-0.1, -0.05) is 27.5 Å². The minimum absolute atomic E-state index is 0.0126. The Labute approximate surface area is 104 Å². The largest absolute Gasteiger partial charge is 0.481 e. The van der Waals surface area contributed by atoms with Crippen molar-refractivity contribution in [2.45, 2.75) is 18.2 Å². The highest BCUT2D eigenvalue weighted by atomic mass is 79.9. The molecule has 0 aromatic carbocycles. The first-order chi connectivity index (χ1) is 7.45. The number of pyridine rings is 1. The van der Waals surface area contributed by atoms with E-state index in [1.807, 2.05) is 0 Å². The first kappa shape index (κ1) is 13.3. The van der Waals surface area contributed by atoms with Gasteiger partial charge in [0.25, 0.3) is 6.43 Å². The third-order valence-corrected chi connectivity index (χ3v) is 2.78. The number of aliphatic carboxylic acids is 1. The number of carboxylic acid groups (broad SMARTS) is 1. The second-order valence-electron chi connectivity index (χ2n) is 2.99. The van der Waals surface area contributed by atoms with Crippen LogP contribution >= 0.6 is 27.5 Å². The molecule has 1 rings (SSSR count). The number of halogens is 4. The van der Waals surface area contributed by atoms with Crippen molar-refractivity contribution in [2.75, 3.05) is 0 Å². The quantitative estimate of drug-likeness (QED) is 0.686. The van der Waals surface area contributed by atoms with E-state index in [-0.39, 0.29) is 10.7 Å². The van der Waals surface area contributed by atoms with Crippen LogP contribution in [0.5, 0.6) is 0 Å². The van der Waals surface area contributed by atoms with E-state index in [4.69, 9.17) is 16.7 Å². The van der Waals surface area contributed by atoms with Crippen LogP contribution in [-0.4, -0.2) is 16.1 Å². The number of alkyl halides is 3. The van der Waals surface area contributed by atoms with Crippen LogP contribution in [0.15, 0.2) is 6.07 Å². The van der Waals surface area contributed by atoms with Crippen molar-refractivity contribution >= 4 is 33.5 Å². The average molecular weight is 315 g/mol. The number of rotatable bonds is 4. The van der Waals surface area contributed by atoms with Crippen LogP contribution in [0.3, 0.4) is 0 Å². The van der Waals surface area contributed by atoms with Gasteiger partial charge in [-0.3, -0.25) is 4.79 Å². The van der Waals surface area contributed by atoms with Crippen molar-refractivity contribution < 1.29 is 18.7 Å². The average Bonchev–Trinajstić information content (AvgIpc) is 2.19. The molecule has 0 radical (unpaired) electrons. The maximum atomic E-state index is 12.6. The minimum Gasteiger partial charge on any atom is -0.481 e. The fourth-order valence-corrected chi connectivity index (χ4v) is 1.98. The SMILES string of the molecule is O=C(O)Cc1cc(CBr)c(Cl)nc1C(F)F. The molecule has 0 unspecified atom stereocenters. The normalized spacial score (nSPS) is 10.8. The Morgan fingerprint density at radius 2 is 2.19 bits per heavy atom.